The molecule has 0 heterocycles. The summed E-state index contributed by atoms with van der Waals surface area (Å²) in [4.78, 5) is 48.8. The van der Waals surface area contributed by atoms with E-state index in [-0.39, 0.29) is 35.1 Å². The zero-order valence-electron chi connectivity index (χ0n) is 16.1. The molecule has 0 aromatic heterocycles. The number of ketones is 1. The summed E-state index contributed by atoms with van der Waals surface area (Å²) in [6.07, 6.45) is 3.35. The van der Waals surface area contributed by atoms with E-state index in [0.717, 1.165) is 25.7 Å². The zero-order valence-corrected chi connectivity index (χ0v) is 16.1. The Hall–Kier alpha value is -2.70. The van der Waals surface area contributed by atoms with E-state index in [0.29, 0.717) is 5.69 Å². The number of ether oxygens (including phenoxy) is 2. The number of amides is 1. The Balaban J connectivity index is 2.47. The molecule has 1 amide bonds. The lowest BCUT2D eigenvalue weighted by Crippen LogP contribution is -2.47. The summed E-state index contributed by atoms with van der Waals surface area (Å²) in [6.45, 7) is 5.47. The molecular formula is C20H25NO6. The number of rotatable bonds is 5. The van der Waals surface area contributed by atoms with Crippen molar-refractivity contribution in [2.45, 2.75) is 59.4 Å². The fourth-order valence-electron chi connectivity index (χ4n) is 3.62. The Morgan fingerprint density at radius 1 is 0.889 bits per heavy atom. The molecule has 0 saturated heterocycles. The van der Waals surface area contributed by atoms with Crippen LogP contribution in [0, 0.1) is 5.92 Å². The van der Waals surface area contributed by atoms with Crippen molar-refractivity contribution >= 4 is 29.3 Å². The highest BCUT2D eigenvalue weighted by molar-refractivity contribution is 5.94. The first-order valence-corrected chi connectivity index (χ1v) is 9.01. The molecule has 0 bridgehead atoms. The molecule has 27 heavy (non-hydrogen) atoms. The van der Waals surface area contributed by atoms with E-state index < -0.39 is 11.9 Å². The first kappa shape index (κ1) is 20.6. The molecule has 1 aromatic carbocycles. The summed E-state index contributed by atoms with van der Waals surface area (Å²) < 4.78 is 10.2. The molecule has 1 saturated carbocycles. The maximum Gasteiger partial charge on any atom is 0.308 e. The van der Waals surface area contributed by atoms with Gasteiger partial charge in [0.25, 0.3) is 0 Å². The Kier molecular flexibility index (Phi) is 6.71. The molecule has 7 nitrogen and oxygen atoms in total. The van der Waals surface area contributed by atoms with Crippen LogP contribution in [0.25, 0.3) is 0 Å². The molecule has 1 unspecified atom stereocenters. The molecule has 1 aliphatic rings. The van der Waals surface area contributed by atoms with E-state index in [4.69, 9.17) is 9.47 Å². The van der Waals surface area contributed by atoms with Gasteiger partial charge in [-0.15, -0.1) is 0 Å². The number of hydrogen-bond donors (Lipinski definition) is 0. The van der Waals surface area contributed by atoms with Crippen LogP contribution in [-0.2, 0) is 19.2 Å². The van der Waals surface area contributed by atoms with E-state index >= 15 is 0 Å². The van der Waals surface area contributed by atoms with Crippen LogP contribution in [0.2, 0.25) is 0 Å². The number of nitrogens with zero attached hydrogens (tertiary/aromatic N) is 1. The van der Waals surface area contributed by atoms with Gasteiger partial charge in [0.2, 0.25) is 5.91 Å². The lowest BCUT2D eigenvalue weighted by atomic mass is 9.81. The normalized spacial score (nSPS) is 19.1. The van der Waals surface area contributed by atoms with Gasteiger partial charge < -0.3 is 14.4 Å². The average Bonchev–Trinajstić information content (AvgIpc) is 2.56. The molecular weight excluding hydrogens is 350 g/mol. The number of esters is 2. The van der Waals surface area contributed by atoms with Crippen LogP contribution in [0.5, 0.6) is 11.5 Å². The van der Waals surface area contributed by atoms with E-state index in [1.165, 1.54) is 32.9 Å². The van der Waals surface area contributed by atoms with Gasteiger partial charge in [0, 0.05) is 44.5 Å². The molecule has 0 radical (unpaired) electrons. The Labute approximate surface area is 158 Å². The predicted octanol–water partition coefficient (Wildman–Crippen LogP) is 3.04. The highest BCUT2D eigenvalue weighted by Crippen LogP contribution is 2.37. The number of benzene rings is 1. The van der Waals surface area contributed by atoms with Gasteiger partial charge in [-0.2, -0.15) is 0 Å². The van der Waals surface area contributed by atoms with Gasteiger partial charge in [-0.3, -0.25) is 19.2 Å². The lowest BCUT2D eigenvalue weighted by molar-refractivity contribution is -0.134. The fraction of sp³-hybridized carbons (Fsp3) is 0.500. The molecule has 7 heteroatoms. The summed E-state index contributed by atoms with van der Waals surface area (Å²) in [5.74, 6) is -1.36. The topological polar surface area (TPSA) is 90.0 Å². The number of anilines is 1. The number of Topliss-reactive ketones (excluding diaryl/α,β-unsaturated/α-hetero) is 1. The second-order valence-corrected chi connectivity index (χ2v) is 6.78. The second-order valence-electron chi connectivity index (χ2n) is 6.78. The first-order chi connectivity index (χ1) is 12.7. The Morgan fingerprint density at radius 2 is 1.48 bits per heavy atom. The maximum atomic E-state index is 12.4. The van der Waals surface area contributed by atoms with Crippen molar-refractivity contribution in [3.8, 4) is 11.5 Å². The van der Waals surface area contributed by atoms with Crippen molar-refractivity contribution in [1.82, 2.24) is 0 Å². The van der Waals surface area contributed by atoms with Gasteiger partial charge in [0.05, 0.1) is 0 Å². The van der Waals surface area contributed by atoms with Crippen molar-refractivity contribution in [1.29, 1.82) is 0 Å². The highest BCUT2D eigenvalue weighted by Gasteiger charge is 2.35. The Morgan fingerprint density at radius 3 is 2.04 bits per heavy atom. The van der Waals surface area contributed by atoms with Crippen LogP contribution >= 0.6 is 0 Å². The van der Waals surface area contributed by atoms with Gasteiger partial charge in [0.1, 0.15) is 5.78 Å². The number of carbonyl (C=O) groups excluding carboxylic acids is 4. The van der Waals surface area contributed by atoms with E-state index in [9.17, 15) is 19.2 Å². The highest BCUT2D eigenvalue weighted by atomic mass is 16.6. The quantitative estimate of drug-likeness (QED) is 0.580. The molecule has 0 spiro atoms. The van der Waals surface area contributed by atoms with E-state index in [1.807, 2.05) is 0 Å². The van der Waals surface area contributed by atoms with Crippen molar-refractivity contribution in [2.75, 3.05) is 4.90 Å². The minimum atomic E-state index is -0.575. The molecule has 2 rings (SSSR count). The molecule has 2 atom stereocenters. The lowest BCUT2D eigenvalue weighted by Gasteiger charge is -2.38. The van der Waals surface area contributed by atoms with Crippen molar-refractivity contribution in [2.24, 2.45) is 5.92 Å². The largest absolute Gasteiger partial charge is 0.423 e. The maximum absolute atomic E-state index is 12.4. The molecule has 0 aliphatic heterocycles. The van der Waals surface area contributed by atoms with Crippen LogP contribution in [0.3, 0.4) is 0 Å². The minimum absolute atomic E-state index is 0.0524. The van der Waals surface area contributed by atoms with Gasteiger partial charge in [0.15, 0.2) is 11.5 Å². The third kappa shape index (κ3) is 5.15. The number of hydrogen-bond acceptors (Lipinski definition) is 6. The minimum Gasteiger partial charge on any atom is -0.423 e. The number of carbonyl (C=O) groups is 4. The van der Waals surface area contributed by atoms with Gasteiger partial charge in [-0.05, 0) is 31.9 Å². The van der Waals surface area contributed by atoms with Crippen LogP contribution in [-0.4, -0.2) is 29.7 Å². The summed E-state index contributed by atoms with van der Waals surface area (Å²) in [7, 11) is 0. The van der Waals surface area contributed by atoms with Crippen LogP contribution in [0.1, 0.15) is 53.4 Å². The molecule has 1 fully saturated rings. The summed E-state index contributed by atoms with van der Waals surface area (Å²) in [6, 6.07) is 4.35. The molecule has 0 N–H and O–H groups in total. The SMILES string of the molecule is CC(=O)Oc1ccc(N(C(C)=O)C2CCCC[C@@H]2C(C)=O)cc1OC(C)=O. The van der Waals surface area contributed by atoms with Gasteiger partial charge in [-0.25, -0.2) is 0 Å². The molecule has 146 valence electrons. The third-order valence-corrected chi connectivity index (χ3v) is 4.64. The Bertz CT molecular complexity index is 757. The van der Waals surface area contributed by atoms with Crippen LogP contribution in [0.4, 0.5) is 5.69 Å². The zero-order chi connectivity index (χ0) is 20.1. The second kappa shape index (κ2) is 8.79. The average molecular weight is 375 g/mol. The van der Waals surface area contributed by atoms with E-state index in [2.05, 4.69) is 0 Å². The first-order valence-electron chi connectivity index (χ1n) is 9.01. The monoisotopic (exact) mass is 375 g/mol. The summed E-state index contributed by atoms with van der Waals surface area (Å²) in [5.41, 5.74) is 0.493. The van der Waals surface area contributed by atoms with Crippen LogP contribution in [0.15, 0.2) is 18.2 Å². The van der Waals surface area contributed by atoms with Gasteiger partial charge >= 0.3 is 11.9 Å². The molecule has 1 aliphatic carbocycles. The standard InChI is InChI=1S/C20H25NO6/c1-12(22)17-7-5-6-8-18(17)21(13(2)23)16-9-10-19(26-14(3)24)20(11-16)27-15(4)25/h9-11,17-18H,5-8H2,1-4H3/t17-,18?/m1/s1. The van der Waals surface area contributed by atoms with Crippen LogP contribution < -0.4 is 14.4 Å². The van der Waals surface area contributed by atoms with Crippen molar-refractivity contribution < 1.29 is 28.7 Å². The fourth-order valence-corrected chi connectivity index (χ4v) is 3.62. The van der Waals surface area contributed by atoms with Gasteiger partial charge in [-0.1, -0.05) is 12.8 Å². The van der Waals surface area contributed by atoms with Crippen molar-refractivity contribution in [3.05, 3.63) is 18.2 Å². The molecule has 1 aromatic rings. The van der Waals surface area contributed by atoms with E-state index in [1.54, 1.807) is 17.9 Å². The van der Waals surface area contributed by atoms with Crippen molar-refractivity contribution in [3.63, 3.8) is 0 Å². The smallest absolute Gasteiger partial charge is 0.308 e. The summed E-state index contributed by atoms with van der Waals surface area (Å²) >= 11 is 0. The predicted molar refractivity (Wildman–Crippen MR) is 98.6 cm³/mol. The summed E-state index contributed by atoms with van der Waals surface area (Å²) in [5, 5.41) is 0. The third-order valence-electron chi connectivity index (χ3n) is 4.64.